The lowest BCUT2D eigenvalue weighted by Gasteiger charge is -2.30. The fourth-order valence-electron chi connectivity index (χ4n) is 3.55. The highest BCUT2D eigenvalue weighted by Crippen LogP contribution is 2.27. The molecule has 7 nitrogen and oxygen atoms in total. The Morgan fingerprint density at radius 2 is 1.54 bits per heavy atom. The number of amides is 2. The SMILES string of the molecule is NC(=O)C1CCN(C(=O)c2nnn(-c3ccccc3)c2-c2ccccc2)CC1. The third-order valence-corrected chi connectivity index (χ3v) is 5.11. The highest BCUT2D eigenvalue weighted by molar-refractivity contribution is 5.98. The number of rotatable bonds is 4. The Balaban J connectivity index is 1.71. The molecule has 2 heterocycles. The first-order valence-corrected chi connectivity index (χ1v) is 9.30. The quantitative estimate of drug-likeness (QED) is 0.757. The Morgan fingerprint density at radius 1 is 0.929 bits per heavy atom. The number of para-hydroxylation sites is 1. The number of nitrogens with two attached hydrogens (primary N) is 1. The predicted octanol–water partition coefficient (Wildman–Crippen LogP) is 2.27. The van der Waals surface area contributed by atoms with Gasteiger partial charge in [-0.2, -0.15) is 0 Å². The van der Waals surface area contributed by atoms with Crippen LogP contribution in [0.25, 0.3) is 16.9 Å². The number of aromatic nitrogens is 3. The van der Waals surface area contributed by atoms with Crippen molar-refractivity contribution in [1.29, 1.82) is 0 Å². The molecule has 2 aromatic carbocycles. The number of hydrogen-bond acceptors (Lipinski definition) is 4. The molecule has 0 spiro atoms. The van der Waals surface area contributed by atoms with Crippen molar-refractivity contribution in [1.82, 2.24) is 19.9 Å². The summed E-state index contributed by atoms with van der Waals surface area (Å²) in [6.07, 6.45) is 1.16. The second-order valence-electron chi connectivity index (χ2n) is 6.87. The first-order valence-electron chi connectivity index (χ1n) is 9.30. The van der Waals surface area contributed by atoms with Crippen LogP contribution < -0.4 is 5.73 Å². The number of carbonyl (C=O) groups excluding carboxylic acids is 2. The second-order valence-corrected chi connectivity index (χ2v) is 6.87. The molecule has 28 heavy (non-hydrogen) atoms. The molecular weight excluding hydrogens is 354 g/mol. The highest BCUT2D eigenvalue weighted by Gasteiger charge is 2.30. The topological polar surface area (TPSA) is 94.1 Å². The van der Waals surface area contributed by atoms with Crippen molar-refractivity contribution < 1.29 is 9.59 Å². The first kappa shape index (κ1) is 17.9. The Bertz CT molecular complexity index is 977. The molecule has 0 unspecified atom stereocenters. The Labute approximate surface area is 162 Å². The van der Waals surface area contributed by atoms with Crippen molar-refractivity contribution in [3.63, 3.8) is 0 Å². The number of piperidine rings is 1. The predicted molar refractivity (Wildman–Crippen MR) is 105 cm³/mol. The van der Waals surface area contributed by atoms with Gasteiger partial charge < -0.3 is 10.6 Å². The summed E-state index contributed by atoms with van der Waals surface area (Å²) in [6.45, 7) is 0.970. The van der Waals surface area contributed by atoms with E-state index in [9.17, 15) is 9.59 Å². The van der Waals surface area contributed by atoms with Crippen LogP contribution in [0, 0.1) is 5.92 Å². The number of likely N-dealkylation sites (tertiary alicyclic amines) is 1. The van der Waals surface area contributed by atoms with Gasteiger partial charge >= 0.3 is 0 Å². The van der Waals surface area contributed by atoms with E-state index in [1.165, 1.54) is 0 Å². The fraction of sp³-hybridized carbons (Fsp3) is 0.238. The third kappa shape index (κ3) is 3.38. The summed E-state index contributed by atoms with van der Waals surface area (Å²) in [7, 11) is 0. The summed E-state index contributed by atoms with van der Waals surface area (Å²) in [5.74, 6) is -0.645. The van der Waals surface area contributed by atoms with E-state index in [0.29, 0.717) is 37.3 Å². The molecule has 1 aliphatic rings. The molecule has 0 aliphatic carbocycles. The van der Waals surface area contributed by atoms with Gasteiger partial charge in [0.25, 0.3) is 5.91 Å². The maximum Gasteiger partial charge on any atom is 0.276 e. The van der Waals surface area contributed by atoms with Crippen molar-refractivity contribution in [2.75, 3.05) is 13.1 Å². The smallest absolute Gasteiger partial charge is 0.276 e. The van der Waals surface area contributed by atoms with Gasteiger partial charge in [0.2, 0.25) is 5.91 Å². The second kappa shape index (κ2) is 7.64. The van der Waals surface area contributed by atoms with Crippen LogP contribution in [-0.2, 0) is 4.79 Å². The molecule has 1 saturated heterocycles. The summed E-state index contributed by atoms with van der Waals surface area (Å²) in [6, 6.07) is 19.3. The number of hydrogen-bond donors (Lipinski definition) is 1. The Morgan fingerprint density at radius 3 is 2.14 bits per heavy atom. The lowest BCUT2D eigenvalue weighted by Crippen LogP contribution is -2.42. The van der Waals surface area contributed by atoms with Crippen LogP contribution in [-0.4, -0.2) is 44.8 Å². The van der Waals surface area contributed by atoms with E-state index in [2.05, 4.69) is 10.3 Å². The molecule has 4 rings (SSSR count). The number of nitrogens with zero attached hydrogens (tertiary/aromatic N) is 4. The van der Waals surface area contributed by atoms with Gasteiger partial charge in [-0.1, -0.05) is 53.7 Å². The van der Waals surface area contributed by atoms with E-state index in [0.717, 1.165) is 11.3 Å². The molecule has 142 valence electrons. The first-order chi connectivity index (χ1) is 13.6. The van der Waals surface area contributed by atoms with Crippen LogP contribution in [0.1, 0.15) is 23.3 Å². The van der Waals surface area contributed by atoms with Gasteiger partial charge in [-0.25, -0.2) is 4.68 Å². The molecule has 0 atom stereocenters. The van der Waals surface area contributed by atoms with Crippen LogP contribution in [0.3, 0.4) is 0 Å². The standard InChI is InChI=1S/C21H21N5O2/c22-20(27)16-11-13-25(14-12-16)21(28)18-19(15-7-3-1-4-8-15)26(24-23-18)17-9-5-2-6-10-17/h1-10,16H,11-14H2,(H2,22,27). The number of primary amides is 1. The van der Waals surface area contributed by atoms with E-state index in [1.54, 1.807) is 9.58 Å². The van der Waals surface area contributed by atoms with Crippen LogP contribution in [0.15, 0.2) is 60.7 Å². The summed E-state index contributed by atoms with van der Waals surface area (Å²) < 4.78 is 1.69. The van der Waals surface area contributed by atoms with Crippen molar-refractivity contribution in [2.45, 2.75) is 12.8 Å². The summed E-state index contributed by atoms with van der Waals surface area (Å²) in [4.78, 5) is 26.3. The summed E-state index contributed by atoms with van der Waals surface area (Å²) in [5, 5.41) is 8.50. The lowest BCUT2D eigenvalue weighted by molar-refractivity contribution is -0.123. The normalized spacial score (nSPS) is 14.8. The summed E-state index contributed by atoms with van der Waals surface area (Å²) >= 11 is 0. The van der Waals surface area contributed by atoms with Crippen LogP contribution >= 0.6 is 0 Å². The van der Waals surface area contributed by atoms with Gasteiger partial charge in [0.1, 0.15) is 5.69 Å². The molecule has 0 saturated carbocycles. The molecule has 2 amide bonds. The molecule has 1 aliphatic heterocycles. The van der Waals surface area contributed by atoms with E-state index >= 15 is 0 Å². The van der Waals surface area contributed by atoms with Crippen LogP contribution in [0.2, 0.25) is 0 Å². The zero-order valence-electron chi connectivity index (χ0n) is 15.4. The Hall–Kier alpha value is -3.48. The fourth-order valence-corrected chi connectivity index (χ4v) is 3.55. The molecule has 0 radical (unpaired) electrons. The zero-order chi connectivity index (χ0) is 19.5. The third-order valence-electron chi connectivity index (χ3n) is 5.11. The van der Waals surface area contributed by atoms with Crippen molar-refractivity contribution in [3.05, 3.63) is 66.4 Å². The van der Waals surface area contributed by atoms with E-state index in [4.69, 9.17) is 5.73 Å². The monoisotopic (exact) mass is 375 g/mol. The van der Waals surface area contributed by atoms with Gasteiger partial charge in [-0.3, -0.25) is 9.59 Å². The van der Waals surface area contributed by atoms with Crippen molar-refractivity contribution >= 4 is 11.8 Å². The molecule has 1 fully saturated rings. The average Bonchev–Trinajstić information content (AvgIpc) is 3.19. The van der Waals surface area contributed by atoms with E-state index < -0.39 is 0 Å². The van der Waals surface area contributed by atoms with Crippen molar-refractivity contribution in [3.8, 4) is 16.9 Å². The van der Waals surface area contributed by atoms with Gasteiger partial charge in [0.15, 0.2) is 5.69 Å². The van der Waals surface area contributed by atoms with Crippen molar-refractivity contribution in [2.24, 2.45) is 11.7 Å². The van der Waals surface area contributed by atoms with E-state index in [1.807, 2.05) is 60.7 Å². The minimum atomic E-state index is -0.299. The molecular formula is C21H21N5O2. The lowest BCUT2D eigenvalue weighted by atomic mass is 9.96. The largest absolute Gasteiger partial charge is 0.369 e. The summed E-state index contributed by atoms with van der Waals surface area (Å²) in [5.41, 5.74) is 8.07. The highest BCUT2D eigenvalue weighted by atomic mass is 16.2. The van der Waals surface area contributed by atoms with Gasteiger partial charge in [-0.05, 0) is 25.0 Å². The minimum absolute atomic E-state index is 0.169. The maximum atomic E-state index is 13.2. The van der Waals surface area contributed by atoms with Gasteiger partial charge in [0.05, 0.1) is 5.69 Å². The van der Waals surface area contributed by atoms with E-state index in [-0.39, 0.29) is 17.7 Å². The van der Waals surface area contributed by atoms with Gasteiger partial charge in [-0.15, -0.1) is 5.10 Å². The minimum Gasteiger partial charge on any atom is -0.369 e. The molecule has 2 N–H and O–H groups in total. The molecule has 7 heteroatoms. The van der Waals surface area contributed by atoms with Crippen LogP contribution in [0.4, 0.5) is 0 Å². The average molecular weight is 375 g/mol. The van der Waals surface area contributed by atoms with Gasteiger partial charge in [0, 0.05) is 24.6 Å². The zero-order valence-corrected chi connectivity index (χ0v) is 15.4. The molecule has 0 bridgehead atoms. The van der Waals surface area contributed by atoms with Crippen LogP contribution in [0.5, 0.6) is 0 Å². The maximum absolute atomic E-state index is 13.2. The molecule has 3 aromatic rings. The number of carbonyl (C=O) groups is 2. The Kier molecular flexibility index (Phi) is 4.89. The number of benzene rings is 2. The molecule has 1 aromatic heterocycles.